The van der Waals surface area contributed by atoms with Crippen molar-refractivity contribution in [3.05, 3.63) is 60.7 Å². The first-order valence-corrected chi connectivity index (χ1v) is 7.73. The van der Waals surface area contributed by atoms with Gasteiger partial charge in [0.1, 0.15) is 0 Å². The first-order chi connectivity index (χ1) is 9.16. The van der Waals surface area contributed by atoms with Crippen LogP contribution in [-0.4, -0.2) is 0 Å². The van der Waals surface area contributed by atoms with Gasteiger partial charge >= 0.3 is 6.95 Å². The van der Waals surface area contributed by atoms with E-state index in [2.05, 4.69) is 9.35 Å². The summed E-state index contributed by atoms with van der Waals surface area (Å²) in [4.78, 5) is 9.52. The molecule has 0 aromatic heterocycles. The highest BCUT2D eigenvalue weighted by atomic mass is 35.7. The Kier molecular flexibility index (Phi) is 4.82. The second-order valence-corrected chi connectivity index (χ2v) is 5.77. The van der Waals surface area contributed by atoms with Crippen LogP contribution in [0, 0.1) is 0 Å². The van der Waals surface area contributed by atoms with Crippen molar-refractivity contribution >= 4 is 18.2 Å². The van der Waals surface area contributed by atoms with Crippen molar-refractivity contribution in [1.29, 1.82) is 0 Å². The first kappa shape index (κ1) is 13.9. The van der Waals surface area contributed by atoms with Crippen molar-refractivity contribution in [2.45, 2.75) is 0 Å². The number of halogens is 1. The number of benzene rings is 2. The lowest BCUT2D eigenvalue weighted by atomic mass is 10.3. The molecule has 7 heteroatoms. The minimum atomic E-state index is -4.00. The van der Waals surface area contributed by atoms with Gasteiger partial charge in [0.25, 0.3) is 0 Å². The van der Waals surface area contributed by atoms with Gasteiger partial charge < -0.3 is 9.78 Å². The van der Waals surface area contributed by atoms with E-state index in [-0.39, 0.29) is 0 Å². The Bertz CT molecular complexity index is 501. The van der Waals surface area contributed by atoms with Gasteiger partial charge in [-0.3, -0.25) is 0 Å². The average molecular weight is 301 g/mol. The van der Waals surface area contributed by atoms with Gasteiger partial charge in [0.2, 0.25) is 0 Å². The van der Waals surface area contributed by atoms with Gasteiger partial charge in [-0.05, 0) is 24.3 Å². The highest BCUT2D eigenvalue weighted by molar-refractivity contribution is 7.81. The molecule has 0 aliphatic heterocycles. The summed E-state index contributed by atoms with van der Waals surface area (Å²) in [7, 11) is 0. The molecule has 0 radical (unpaired) electrons. The Morgan fingerprint density at radius 1 is 0.737 bits per heavy atom. The zero-order valence-electron chi connectivity index (χ0n) is 9.64. The zero-order chi connectivity index (χ0) is 13.6. The van der Waals surface area contributed by atoms with Gasteiger partial charge in [-0.2, -0.15) is 0 Å². The van der Waals surface area contributed by atoms with E-state index in [9.17, 15) is 4.57 Å². The molecule has 2 aromatic rings. The van der Waals surface area contributed by atoms with Crippen molar-refractivity contribution in [3.63, 3.8) is 0 Å². The number of rotatable bonds is 6. The molecule has 2 aromatic carbocycles. The SMILES string of the molecule is O=P(Cl)(OOc1ccccc1)OOc1ccccc1. The van der Waals surface area contributed by atoms with Gasteiger partial charge in [0.05, 0.1) is 0 Å². The quantitative estimate of drug-likeness (QED) is 0.451. The number of para-hydroxylation sites is 2. The standard InChI is InChI=1S/C12H10ClO5P/c13-19(14,17-15-11-7-3-1-4-8-11)18-16-12-9-5-2-6-10-12/h1-10H. The van der Waals surface area contributed by atoms with Crippen LogP contribution < -0.4 is 9.78 Å². The molecule has 0 N–H and O–H groups in total. The molecule has 0 heterocycles. The van der Waals surface area contributed by atoms with E-state index in [0.29, 0.717) is 11.5 Å². The lowest BCUT2D eigenvalue weighted by Crippen LogP contribution is -1.98. The van der Waals surface area contributed by atoms with E-state index in [1.807, 2.05) is 0 Å². The molecule has 0 fully saturated rings. The summed E-state index contributed by atoms with van der Waals surface area (Å²) in [6.45, 7) is -4.00. The van der Waals surface area contributed by atoms with Crippen LogP contribution in [0.2, 0.25) is 0 Å². The summed E-state index contributed by atoms with van der Waals surface area (Å²) < 4.78 is 20.7. The smallest absolute Gasteiger partial charge is 0.328 e. The van der Waals surface area contributed by atoms with Gasteiger partial charge in [-0.25, -0.2) is 4.57 Å². The van der Waals surface area contributed by atoms with E-state index in [1.54, 1.807) is 60.7 Å². The van der Waals surface area contributed by atoms with Crippen molar-refractivity contribution in [1.82, 2.24) is 0 Å². The first-order valence-electron chi connectivity index (χ1n) is 5.28. The maximum absolute atomic E-state index is 11.6. The van der Waals surface area contributed by atoms with Crippen molar-refractivity contribution in [3.8, 4) is 11.5 Å². The summed E-state index contributed by atoms with van der Waals surface area (Å²) in [6, 6.07) is 16.9. The average Bonchev–Trinajstić information content (AvgIpc) is 2.46. The number of hydrogen-bond acceptors (Lipinski definition) is 5. The minimum Gasteiger partial charge on any atom is -0.328 e. The molecular weight excluding hydrogens is 291 g/mol. The van der Waals surface area contributed by atoms with E-state index in [1.165, 1.54) is 0 Å². The highest BCUT2D eigenvalue weighted by Crippen LogP contribution is 2.53. The number of hydrogen-bond donors (Lipinski definition) is 0. The Morgan fingerprint density at radius 2 is 1.11 bits per heavy atom. The predicted octanol–water partition coefficient (Wildman–Crippen LogP) is 4.35. The fraction of sp³-hybridized carbons (Fsp3) is 0. The van der Waals surface area contributed by atoms with Crippen LogP contribution >= 0.6 is 18.2 Å². The Hall–Kier alpha value is -1.52. The van der Waals surface area contributed by atoms with E-state index in [4.69, 9.17) is 21.0 Å². The predicted molar refractivity (Wildman–Crippen MR) is 69.8 cm³/mol. The van der Waals surface area contributed by atoms with E-state index in [0.717, 1.165) is 0 Å². The summed E-state index contributed by atoms with van der Waals surface area (Å²) in [5.74, 6) is 0.679. The molecule has 0 spiro atoms. The molecule has 0 amide bonds. The second-order valence-electron chi connectivity index (χ2n) is 3.37. The monoisotopic (exact) mass is 300 g/mol. The molecule has 100 valence electrons. The Morgan fingerprint density at radius 3 is 1.47 bits per heavy atom. The minimum absolute atomic E-state index is 0.340. The van der Waals surface area contributed by atoms with Gasteiger partial charge in [0, 0.05) is 11.2 Å². The molecule has 5 nitrogen and oxygen atoms in total. The fourth-order valence-corrected chi connectivity index (χ4v) is 1.68. The molecule has 0 aliphatic carbocycles. The molecule has 0 atom stereocenters. The van der Waals surface area contributed by atoms with Crippen LogP contribution in [0.1, 0.15) is 0 Å². The third kappa shape index (κ3) is 4.93. The lowest BCUT2D eigenvalue weighted by Gasteiger charge is -2.10. The van der Waals surface area contributed by atoms with Crippen molar-refractivity contribution in [2.75, 3.05) is 0 Å². The molecule has 0 unspecified atom stereocenters. The maximum atomic E-state index is 11.6. The molecule has 0 saturated heterocycles. The zero-order valence-corrected chi connectivity index (χ0v) is 11.3. The third-order valence-corrected chi connectivity index (χ3v) is 2.77. The third-order valence-electron chi connectivity index (χ3n) is 1.93. The van der Waals surface area contributed by atoms with Crippen LogP contribution in [0.5, 0.6) is 11.5 Å². The van der Waals surface area contributed by atoms with E-state index < -0.39 is 6.95 Å². The molecule has 19 heavy (non-hydrogen) atoms. The topological polar surface area (TPSA) is 54.0 Å². The second kappa shape index (κ2) is 6.59. The maximum Gasteiger partial charge on any atom is 0.495 e. The normalized spacial score (nSPS) is 11.0. The summed E-state index contributed by atoms with van der Waals surface area (Å²) in [6.07, 6.45) is 0. The van der Waals surface area contributed by atoms with Crippen LogP contribution in [-0.2, 0) is 13.9 Å². The Labute approximate surface area is 114 Å². The van der Waals surface area contributed by atoms with Crippen molar-refractivity contribution < 1.29 is 23.7 Å². The lowest BCUT2D eigenvalue weighted by molar-refractivity contribution is -0.164. The summed E-state index contributed by atoms with van der Waals surface area (Å²) >= 11 is 5.50. The molecule has 0 bridgehead atoms. The summed E-state index contributed by atoms with van der Waals surface area (Å²) in [5.41, 5.74) is 0. The summed E-state index contributed by atoms with van der Waals surface area (Å²) in [5, 5.41) is 0. The van der Waals surface area contributed by atoms with Crippen LogP contribution in [0.3, 0.4) is 0 Å². The van der Waals surface area contributed by atoms with Crippen molar-refractivity contribution in [2.24, 2.45) is 0 Å². The largest absolute Gasteiger partial charge is 0.495 e. The van der Waals surface area contributed by atoms with Gasteiger partial charge in [0.15, 0.2) is 11.5 Å². The molecule has 0 aliphatic rings. The Balaban J connectivity index is 1.84. The fourth-order valence-electron chi connectivity index (χ4n) is 1.14. The van der Waals surface area contributed by atoms with Gasteiger partial charge in [-0.1, -0.05) is 45.7 Å². The van der Waals surface area contributed by atoms with Gasteiger partial charge in [-0.15, -0.1) is 0 Å². The highest BCUT2D eigenvalue weighted by Gasteiger charge is 2.26. The molecule has 0 saturated carbocycles. The van der Waals surface area contributed by atoms with Crippen LogP contribution in [0.25, 0.3) is 0 Å². The van der Waals surface area contributed by atoms with E-state index >= 15 is 0 Å². The molecular formula is C12H10ClO5P. The molecule has 2 rings (SSSR count). The van der Waals surface area contributed by atoms with Crippen LogP contribution in [0.4, 0.5) is 0 Å². The van der Waals surface area contributed by atoms with Crippen LogP contribution in [0.15, 0.2) is 60.7 Å².